The fourth-order valence-corrected chi connectivity index (χ4v) is 4.09. The van der Waals surface area contributed by atoms with Gasteiger partial charge in [-0.2, -0.15) is 0 Å². The first-order valence-corrected chi connectivity index (χ1v) is 10.9. The highest BCUT2D eigenvalue weighted by Gasteiger charge is 2.23. The normalized spacial score (nSPS) is 13.8. The van der Waals surface area contributed by atoms with Gasteiger partial charge in [0.2, 0.25) is 5.91 Å². The van der Waals surface area contributed by atoms with E-state index in [4.69, 9.17) is 11.6 Å². The number of allylic oxidation sites excluding steroid dienone is 1. The van der Waals surface area contributed by atoms with Gasteiger partial charge in [-0.25, -0.2) is 15.0 Å². The Kier molecular flexibility index (Phi) is 6.46. The molecule has 2 aromatic heterocycles. The van der Waals surface area contributed by atoms with Crippen molar-refractivity contribution in [2.45, 2.75) is 13.3 Å². The summed E-state index contributed by atoms with van der Waals surface area (Å²) in [6.07, 6.45) is 5.85. The summed E-state index contributed by atoms with van der Waals surface area (Å²) >= 11 is 6.70. The van der Waals surface area contributed by atoms with Gasteiger partial charge in [-0.05, 0) is 31.2 Å². The topological polar surface area (TPSA) is 92.2 Å². The van der Waals surface area contributed by atoms with Gasteiger partial charge >= 0.3 is 0 Å². The van der Waals surface area contributed by atoms with E-state index in [1.54, 1.807) is 11.1 Å². The molecule has 33 heavy (non-hydrogen) atoms. The number of carbonyl (C=O) groups excluding carboxylic acids is 2. The lowest BCUT2D eigenvalue weighted by Gasteiger charge is -2.35. The van der Waals surface area contributed by atoms with Crippen molar-refractivity contribution in [3.63, 3.8) is 0 Å². The van der Waals surface area contributed by atoms with Gasteiger partial charge in [-0.15, -0.1) is 0 Å². The molecule has 1 saturated heterocycles. The maximum absolute atomic E-state index is 11.9. The van der Waals surface area contributed by atoms with Crippen molar-refractivity contribution >= 4 is 40.0 Å². The molecule has 1 aliphatic heterocycles. The highest BCUT2D eigenvalue weighted by Crippen LogP contribution is 2.35. The molecule has 8 nitrogen and oxygen atoms in total. The number of halogens is 1. The van der Waals surface area contributed by atoms with Crippen LogP contribution in [-0.2, 0) is 16.0 Å². The van der Waals surface area contributed by atoms with Crippen molar-refractivity contribution in [1.82, 2.24) is 24.8 Å². The molecule has 0 spiro atoms. The maximum Gasteiger partial charge on any atom is 0.246 e. The van der Waals surface area contributed by atoms with E-state index in [9.17, 15) is 9.59 Å². The lowest BCUT2D eigenvalue weighted by molar-refractivity contribution is -0.126. The van der Waals surface area contributed by atoms with E-state index in [2.05, 4.69) is 38.0 Å². The lowest BCUT2D eigenvalue weighted by Crippen LogP contribution is -2.48. The Balaban J connectivity index is 1.69. The van der Waals surface area contributed by atoms with E-state index >= 15 is 0 Å². The van der Waals surface area contributed by atoms with E-state index in [1.165, 1.54) is 18.5 Å². The van der Waals surface area contributed by atoms with Crippen molar-refractivity contribution in [1.29, 1.82) is 0 Å². The van der Waals surface area contributed by atoms with Crippen LogP contribution in [0, 0.1) is 6.92 Å². The summed E-state index contributed by atoms with van der Waals surface area (Å²) in [7, 11) is 0. The maximum atomic E-state index is 11.9. The van der Waals surface area contributed by atoms with Crippen LogP contribution in [0.25, 0.3) is 22.2 Å². The average molecular weight is 463 g/mol. The summed E-state index contributed by atoms with van der Waals surface area (Å²) in [5, 5.41) is 1.31. The molecule has 1 aliphatic rings. The molecule has 0 unspecified atom stereocenters. The first-order chi connectivity index (χ1) is 15.9. The molecule has 168 valence electrons. The summed E-state index contributed by atoms with van der Waals surface area (Å²) in [4.78, 5) is 45.5. The van der Waals surface area contributed by atoms with Gasteiger partial charge in [0, 0.05) is 43.3 Å². The van der Waals surface area contributed by atoms with Gasteiger partial charge in [0.25, 0.3) is 0 Å². The minimum absolute atomic E-state index is 0.0663. The third kappa shape index (κ3) is 4.61. The van der Waals surface area contributed by atoms with Crippen LogP contribution in [0.15, 0.2) is 50.0 Å². The minimum Gasteiger partial charge on any atom is -0.352 e. The van der Waals surface area contributed by atoms with Crippen LogP contribution in [0.4, 0.5) is 5.82 Å². The number of amides is 1. The van der Waals surface area contributed by atoms with E-state index < -0.39 is 0 Å². The number of ketones is 1. The number of benzene rings is 1. The van der Waals surface area contributed by atoms with Crippen molar-refractivity contribution in [3.8, 4) is 11.3 Å². The van der Waals surface area contributed by atoms with Crippen molar-refractivity contribution in [3.05, 3.63) is 66.4 Å². The van der Waals surface area contributed by atoms with Crippen LogP contribution in [0.3, 0.4) is 0 Å². The van der Waals surface area contributed by atoms with Gasteiger partial charge in [0.05, 0.1) is 34.0 Å². The third-order valence-electron chi connectivity index (χ3n) is 5.61. The van der Waals surface area contributed by atoms with Crippen molar-refractivity contribution in [2.24, 2.45) is 0 Å². The van der Waals surface area contributed by atoms with Crippen LogP contribution in [-0.4, -0.2) is 62.7 Å². The second-order valence-corrected chi connectivity index (χ2v) is 8.11. The number of anilines is 1. The summed E-state index contributed by atoms with van der Waals surface area (Å²) in [6.45, 7) is 11.4. The molecule has 9 heteroatoms. The molecular weight excluding hydrogens is 440 g/mol. The number of hydrogen-bond donors (Lipinski definition) is 0. The Morgan fingerprint density at radius 1 is 1.09 bits per heavy atom. The monoisotopic (exact) mass is 462 g/mol. The summed E-state index contributed by atoms with van der Waals surface area (Å²) in [6, 6.07) is 3.71. The SMILES string of the molecule is C=CC(=O)Cc1cnc(C)c(-c2cc3ncnc(N4CCN(C(=O)C=C)CC4)c3cc2Cl)n1. The van der Waals surface area contributed by atoms with Gasteiger partial charge < -0.3 is 9.80 Å². The van der Waals surface area contributed by atoms with Crippen LogP contribution in [0.5, 0.6) is 0 Å². The lowest BCUT2D eigenvalue weighted by atomic mass is 10.1. The molecule has 0 aliphatic carbocycles. The van der Waals surface area contributed by atoms with E-state index in [0.29, 0.717) is 53.8 Å². The van der Waals surface area contributed by atoms with Gasteiger partial charge in [0.1, 0.15) is 12.1 Å². The fourth-order valence-electron chi connectivity index (χ4n) is 3.84. The van der Waals surface area contributed by atoms with Crippen LogP contribution in [0.1, 0.15) is 11.4 Å². The largest absolute Gasteiger partial charge is 0.352 e. The highest BCUT2D eigenvalue weighted by atomic mass is 35.5. The predicted molar refractivity (Wildman–Crippen MR) is 128 cm³/mol. The molecule has 3 aromatic rings. The number of nitrogens with zero attached hydrogens (tertiary/aromatic N) is 6. The third-order valence-corrected chi connectivity index (χ3v) is 5.92. The van der Waals surface area contributed by atoms with E-state index in [0.717, 1.165) is 16.7 Å². The number of rotatable bonds is 6. The highest BCUT2D eigenvalue weighted by molar-refractivity contribution is 6.34. The number of aromatic nitrogens is 4. The van der Waals surface area contributed by atoms with E-state index in [1.807, 2.05) is 19.1 Å². The number of fused-ring (bicyclic) bond motifs is 1. The first-order valence-electron chi connectivity index (χ1n) is 10.5. The zero-order valence-electron chi connectivity index (χ0n) is 18.3. The standard InChI is InChI=1S/C24H23ClN6O2/c1-4-17(32)10-16-13-26-15(3)23(29-16)18-12-21-19(11-20(18)25)24(28-14-27-21)31-8-6-30(7-9-31)22(33)5-2/h4-5,11-14H,1-2,6-10H2,3H3. The van der Waals surface area contributed by atoms with Crippen molar-refractivity contribution < 1.29 is 9.59 Å². The number of hydrogen-bond acceptors (Lipinski definition) is 7. The fraction of sp³-hybridized carbons (Fsp3) is 0.250. The zero-order chi connectivity index (χ0) is 23.5. The summed E-state index contributed by atoms with van der Waals surface area (Å²) in [5.41, 5.74) is 3.26. The van der Waals surface area contributed by atoms with Crippen LogP contribution >= 0.6 is 11.6 Å². The van der Waals surface area contributed by atoms with Crippen LogP contribution in [0.2, 0.25) is 5.02 Å². The molecule has 0 N–H and O–H groups in total. The smallest absolute Gasteiger partial charge is 0.246 e. The Hall–Kier alpha value is -3.65. The zero-order valence-corrected chi connectivity index (χ0v) is 19.0. The Morgan fingerprint density at radius 3 is 2.55 bits per heavy atom. The Bertz CT molecular complexity index is 1270. The molecule has 1 aromatic carbocycles. The second kappa shape index (κ2) is 9.46. The molecule has 0 atom stereocenters. The molecule has 0 bridgehead atoms. The van der Waals surface area contributed by atoms with Gasteiger partial charge in [-0.3, -0.25) is 14.6 Å². The molecule has 1 fully saturated rings. The molecule has 1 amide bonds. The number of piperazine rings is 1. The van der Waals surface area contributed by atoms with E-state index in [-0.39, 0.29) is 18.1 Å². The average Bonchev–Trinajstić information content (AvgIpc) is 2.84. The minimum atomic E-state index is -0.129. The molecular formula is C24H23ClN6O2. The molecule has 3 heterocycles. The number of carbonyl (C=O) groups is 2. The van der Waals surface area contributed by atoms with Crippen LogP contribution < -0.4 is 4.90 Å². The van der Waals surface area contributed by atoms with Gasteiger partial charge in [-0.1, -0.05) is 24.8 Å². The Labute approximate surface area is 196 Å². The second-order valence-electron chi connectivity index (χ2n) is 7.71. The molecule has 0 radical (unpaired) electrons. The Morgan fingerprint density at radius 2 is 1.85 bits per heavy atom. The molecule has 0 saturated carbocycles. The predicted octanol–water partition coefficient (Wildman–Crippen LogP) is 3.18. The number of aryl methyl sites for hydroxylation is 1. The summed E-state index contributed by atoms with van der Waals surface area (Å²) < 4.78 is 0. The first kappa shape index (κ1) is 22.5. The summed E-state index contributed by atoms with van der Waals surface area (Å²) in [5.74, 6) is 0.576. The quantitative estimate of drug-likeness (QED) is 0.519. The van der Waals surface area contributed by atoms with Crippen molar-refractivity contribution in [2.75, 3.05) is 31.1 Å². The molecule has 4 rings (SSSR count). The van der Waals surface area contributed by atoms with Gasteiger partial charge in [0.15, 0.2) is 5.78 Å².